The van der Waals surface area contributed by atoms with Crippen molar-refractivity contribution < 1.29 is 38.9 Å². The summed E-state index contributed by atoms with van der Waals surface area (Å²) in [5.41, 5.74) is 0.954. The molecule has 2 aromatic carbocycles. The van der Waals surface area contributed by atoms with E-state index in [0.29, 0.717) is 10.8 Å². The molecule has 0 atom stereocenters. The van der Waals surface area contributed by atoms with Crippen LogP contribution < -0.4 is 0 Å². The number of ether oxygens (including phenoxy) is 2. The maximum absolute atomic E-state index is 13.0. The third-order valence-electron chi connectivity index (χ3n) is 5.45. The minimum Gasteiger partial charge on any atom is -0.394 e. The standard InChI is InChI=1S/C22H22N2O8/c25-7-11-31-9-5-23-19(27)13-1-2-14-18-16(4-3-15(17(13)18)21(23)29)22(30)24(20(14)28)6-10-32-12-8-26/h1-4,25-26H,5-12H2. The molecular formula is C22H22N2O8. The fraction of sp³-hybridized carbons (Fsp3) is 0.364. The van der Waals surface area contributed by atoms with E-state index in [0.717, 1.165) is 9.80 Å². The van der Waals surface area contributed by atoms with Crippen molar-refractivity contribution in [1.29, 1.82) is 0 Å². The predicted octanol–water partition coefficient (Wildman–Crippen LogP) is 0.0496. The number of aliphatic hydroxyl groups is 2. The number of aliphatic hydroxyl groups excluding tert-OH is 2. The smallest absolute Gasteiger partial charge is 0.261 e. The van der Waals surface area contributed by atoms with Crippen LogP contribution in [0.2, 0.25) is 0 Å². The van der Waals surface area contributed by atoms with Crippen molar-refractivity contribution in [3.8, 4) is 0 Å². The minimum atomic E-state index is -0.529. The highest BCUT2D eigenvalue weighted by molar-refractivity contribution is 6.33. The Morgan fingerprint density at radius 3 is 1.16 bits per heavy atom. The normalized spacial score (nSPS) is 15.3. The van der Waals surface area contributed by atoms with Gasteiger partial charge in [-0.1, -0.05) is 0 Å². The van der Waals surface area contributed by atoms with Crippen molar-refractivity contribution in [1.82, 2.24) is 9.80 Å². The molecule has 4 amide bonds. The molecule has 0 spiro atoms. The first-order chi connectivity index (χ1) is 15.5. The maximum atomic E-state index is 13.0. The largest absolute Gasteiger partial charge is 0.394 e. The van der Waals surface area contributed by atoms with Gasteiger partial charge in [0.15, 0.2) is 0 Å². The first-order valence-electron chi connectivity index (χ1n) is 10.2. The van der Waals surface area contributed by atoms with Crippen molar-refractivity contribution in [2.45, 2.75) is 0 Å². The van der Waals surface area contributed by atoms with Crippen molar-refractivity contribution in [2.75, 3.05) is 52.7 Å². The highest BCUT2D eigenvalue weighted by Crippen LogP contribution is 2.37. The van der Waals surface area contributed by atoms with Gasteiger partial charge in [0.1, 0.15) is 0 Å². The van der Waals surface area contributed by atoms with Crippen LogP contribution in [-0.4, -0.2) is 96.4 Å². The van der Waals surface area contributed by atoms with Crippen LogP contribution in [0.3, 0.4) is 0 Å². The molecule has 0 saturated heterocycles. The van der Waals surface area contributed by atoms with E-state index in [-0.39, 0.29) is 75.0 Å². The van der Waals surface area contributed by atoms with Crippen LogP contribution in [0.25, 0.3) is 10.8 Å². The van der Waals surface area contributed by atoms with E-state index in [1.165, 1.54) is 24.3 Å². The number of amides is 4. The molecule has 0 unspecified atom stereocenters. The Hall–Kier alpha value is -3.18. The first-order valence-corrected chi connectivity index (χ1v) is 10.2. The van der Waals surface area contributed by atoms with E-state index in [4.69, 9.17) is 19.7 Å². The molecule has 0 radical (unpaired) electrons. The lowest BCUT2D eigenvalue weighted by atomic mass is 9.86. The number of imide groups is 2. The van der Waals surface area contributed by atoms with Crippen molar-refractivity contribution >= 4 is 34.4 Å². The molecule has 0 fully saturated rings. The number of hydrogen-bond acceptors (Lipinski definition) is 8. The molecule has 2 heterocycles. The van der Waals surface area contributed by atoms with Gasteiger partial charge in [0, 0.05) is 33.0 Å². The molecule has 0 aromatic heterocycles. The van der Waals surface area contributed by atoms with Gasteiger partial charge in [-0.05, 0) is 24.3 Å². The summed E-state index contributed by atoms with van der Waals surface area (Å²) in [4.78, 5) is 54.2. The van der Waals surface area contributed by atoms with Crippen molar-refractivity contribution in [2.24, 2.45) is 0 Å². The van der Waals surface area contributed by atoms with Crippen molar-refractivity contribution in [3.63, 3.8) is 0 Å². The summed E-state index contributed by atoms with van der Waals surface area (Å²) >= 11 is 0. The number of carbonyl (C=O) groups excluding carboxylic acids is 4. The molecule has 10 heteroatoms. The second kappa shape index (κ2) is 9.13. The summed E-state index contributed by atoms with van der Waals surface area (Å²) < 4.78 is 10.4. The minimum absolute atomic E-state index is 0.0155. The van der Waals surface area contributed by atoms with Gasteiger partial charge in [0.25, 0.3) is 23.6 Å². The van der Waals surface area contributed by atoms with Gasteiger partial charge in [-0.25, -0.2) is 0 Å². The fourth-order valence-electron chi connectivity index (χ4n) is 4.03. The molecule has 168 valence electrons. The molecule has 2 aliphatic rings. The Morgan fingerprint density at radius 1 is 0.562 bits per heavy atom. The van der Waals surface area contributed by atoms with Gasteiger partial charge in [-0.3, -0.25) is 29.0 Å². The van der Waals surface area contributed by atoms with E-state index in [9.17, 15) is 19.2 Å². The van der Waals surface area contributed by atoms with E-state index < -0.39 is 23.6 Å². The lowest BCUT2D eigenvalue weighted by Gasteiger charge is -2.31. The zero-order valence-corrected chi connectivity index (χ0v) is 17.2. The van der Waals surface area contributed by atoms with E-state index in [1.807, 2.05) is 0 Å². The van der Waals surface area contributed by atoms with Gasteiger partial charge in [-0.2, -0.15) is 0 Å². The molecule has 2 N–H and O–H groups in total. The molecule has 2 aromatic rings. The topological polar surface area (TPSA) is 134 Å². The zero-order valence-electron chi connectivity index (χ0n) is 17.2. The lowest BCUT2D eigenvalue weighted by molar-refractivity contribution is 0.0462. The van der Waals surface area contributed by atoms with Gasteiger partial charge in [-0.15, -0.1) is 0 Å². The Kier molecular flexibility index (Phi) is 6.28. The number of rotatable bonds is 10. The number of nitrogens with zero attached hydrogens (tertiary/aromatic N) is 2. The third kappa shape index (κ3) is 3.56. The molecule has 32 heavy (non-hydrogen) atoms. The maximum Gasteiger partial charge on any atom is 0.261 e. The zero-order chi connectivity index (χ0) is 22.8. The quantitative estimate of drug-likeness (QED) is 0.390. The number of carbonyl (C=O) groups is 4. The summed E-state index contributed by atoms with van der Waals surface area (Å²) in [5, 5.41) is 18.2. The summed E-state index contributed by atoms with van der Waals surface area (Å²) in [7, 11) is 0. The van der Waals surface area contributed by atoms with Crippen LogP contribution in [0.5, 0.6) is 0 Å². The lowest BCUT2D eigenvalue weighted by Crippen LogP contribution is -2.45. The van der Waals surface area contributed by atoms with Crippen LogP contribution >= 0.6 is 0 Å². The Labute approximate surface area is 182 Å². The highest BCUT2D eigenvalue weighted by Gasteiger charge is 2.39. The number of hydrogen-bond donors (Lipinski definition) is 2. The third-order valence-corrected chi connectivity index (χ3v) is 5.45. The molecule has 10 nitrogen and oxygen atoms in total. The van der Waals surface area contributed by atoms with E-state index in [1.54, 1.807) is 0 Å². The average molecular weight is 442 g/mol. The average Bonchev–Trinajstić information content (AvgIpc) is 2.80. The number of benzene rings is 2. The van der Waals surface area contributed by atoms with Gasteiger partial charge in [0.05, 0.1) is 52.7 Å². The van der Waals surface area contributed by atoms with Crippen LogP contribution in [0.15, 0.2) is 24.3 Å². The molecule has 0 saturated carbocycles. The summed E-state index contributed by atoms with van der Waals surface area (Å²) in [5.74, 6) is -2.12. The highest BCUT2D eigenvalue weighted by atomic mass is 16.5. The van der Waals surface area contributed by atoms with E-state index >= 15 is 0 Å². The van der Waals surface area contributed by atoms with Crippen LogP contribution in [0.1, 0.15) is 41.4 Å². The van der Waals surface area contributed by atoms with E-state index in [2.05, 4.69) is 0 Å². The van der Waals surface area contributed by atoms with Gasteiger partial charge < -0.3 is 19.7 Å². The monoisotopic (exact) mass is 442 g/mol. The summed E-state index contributed by atoms with van der Waals surface area (Å²) in [6, 6.07) is 5.98. The van der Waals surface area contributed by atoms with Gasteiger partial charge >= 0.3 is 0 Å². The van der Waals surface area contributed by atoms with Crippen molar-refractivity contribution in [3.05, 3.63) is 46.5 Å². The molecule has 4 rings (SSSR count). The second-order valence-electron chi connectivity index (χ2n) is 7.27. The fourth-order valence-corrected chi connectivity index (χ4v) is 4.03. The molecule has 0 aliphatic carbocycles. The second-order valence-corrected chi connectivity index (χ2v) is 7.27. The van der Waals surface area contributed by atoms with Crippen LogP contribution in [0.4, 0.5) is 0 Å². The SMILES string of the molecule is O=C1c2ccc3c4c(ccc(c24)C(=O)N1CCOCCO)C(=O)N(CCOCCO)C3=O. The first kappa shape index (κ1) is 22.0. The molecule has 0 bridgehead atoms. The summed E-state index contributed by atoms with van der Waals surface area (Å²) in [6.07, 6.45) is 0. The van der Waals surface area contributed by atoms with Gasteiger partial charge in [0.2, 0.25) is 0 Å². The Morgan fingerprint density at radius 2 is 0.875 bits per heavy atom. The molecule has 2 aliphatic heterocycles. The predicted molar refractivity (Wildman–Crippen MR) is 110 cm³/mol. The molecular weight excluding hydrogens is 420 g/mol. The van der Waals surface area contributed by atoms with Crippen LogP contribution in [0, 0.1) is 0 Å². The van der Waals surface area contributed by atoms with Crippen LogP contribution in [-0.2, 0) is 9.47 Å². The summed E-state index contributed by atoms with van der Waals surface area (Å²) in [6.45, 7) is 0.0588. The Balaban J connectivity index is 1.70. The Bertz CT molecular complexity index is 956.